The second kappa shape index (κ2) is 14.3. The third kappa shape index (κ3) is 8.63. The normalized spacial score (nSPS) is 31.0. The van der Waals surface area contributed by atoms with Crippen molar-refractivity contribution in [3.05, 3.63) is 36.5 Å². The lowest BCUT2D eigenvalue weighted by molar-refractivity contribution is -0.170. The zero-order valence-corrected chi connectivity index (χ0v) is 24.8. The van der Waals surface area contributed by atoms with E-state index in [1.807, 2.05) is 6.08 Å². The molecule has 6 rings (SSSR count). The molecule has 42 heavy (non-hydrogen) atoms. The number of fused-ring (bicyclic) bond motifs is 4. The van der Waals surface area contributed by atoms with Crippen molar-refractivity contribution in [1.82, 2.24) is 0 Å². The fourth-order valence-corrected chi connectivity index (χ4v) is 6.31. The van der Waals surface area contributed by atoms with Gasteiger partial charge in [0.25, 0.3) is 0 Å². The molecule has 4 bridgehead atoms. The molecule has 0 aromatic heterocycles. The summed E-state index contributed by atoms with van der Waals surface area (Å²) in [4.78, 5) is 53.3. The largest absolute Gasteiger partial charge is 0.481 e. The van der Waals surface area contributed by atoms with Gasteiger partial charge in [0, 0.05) is 12.2 Å². The molecule has 3 fully saturated rings. The van der Waals surface area contributed by atoms with Gasteiger partial charge in [0.05, 0.1) is 17.4 Å². The fraction of sp³-hybridized carbons (Fsp3) is 0.656. The van der Waals surface area contributed by atoms with Gasteiger partial charge in [-0.15, -0.1) is 0 Å². The molecule has 0 aromatic rings. The van der Waals surface area contributed by atoms with Gasteiger partial charge in [-0.3, -0.25) is 9.59 Å². The molecule has 5 atom stereocenters. The van der Waals surface area contributed by atoms with E-state index in [0.29, 0.717) is 18.4 Å². The molecule has 6 aliphatic rings. The molecule has 10 nitrogen and oxygen atoms in total. The van der Waals surface area contributed by atoms with Crippen molar-refractivity contribution in [3.8, 4) is 0 Å². The number of hydrogen-bond donors (Lipinski definition) is 2. The molecule has 1 heterocycles. The Balaban J connectivity index is 0.000000166. The topological polar surface area (TPSA) is 154 Å². The number of carbonyl (C=O) groups excluding carboxylic acids is 4. The highest BCUT2D eigenvalue weighted by molar-refractivity contribution is 6.04. The number of hydrogen-bond acceptors (Lipinski definition) is 9. The standard InChI is InChI=1S/C15H22O2.C8H10O2.C5H10O3.C4H2O3/c1-14(7-3-2-4-8-14)17-13(16)15-9-5-12(11-15)6-10-15;9-7(10)8-3-1-6(5-8)2-4-8;1-3-8-5(7)4(2)6;5-3-1-2-4(6)7-3/h5,9,12H,2-4,6-8,10-11H2,1H3;1,3,6H,2,4-5H2,(H,9,10);4,6H,3H2,1-2H3;1-2H. The van der Waals surface area contributed by atoms with E-state index in [1.165, 1.54) is 32.6 Å². The molecule has 0 amide bonds. The quantitative estimate of drug-likeness (QED) is 0.202. The lowest BCUT2D eigenvalue weighted by Gasteiger charge is -2.36. The van der Waals surface area contributed by atoms with Crippen molar-refractivity contribution >= 4 is 29.8 Å². The van der Waals surface area contributed by atoms with Crippen molar-refractivity contribution in [2.45, 2.75) is 103 Å². The maximum Gasteiger partial charge on any atom is 0.338 e. The molecule has 0 saturated heterocycles. The van der Waals surface area contributed by atoms with Gasteiger partial charge >= 0.3 is 29.8 Å². The Morgan fingerprint density at radius 2 is 1.45 bits per heavy atom. The van der Waals surface area contributed by atoms with Crippen molar-refractivity contribution in [2.75, 3.05) is 6.61 Å². The van der Waals surface area contributed by atoms with Crippen LogP contribution in [-0.4, -0.2) is 58.4 Å². The first-order chi connectivity index (χ1) is 19.8. The van der Waals surface area contributed by atoms with Gasteiger partial charge in [0.15, 0.2) is 0 Å². The van der Waals surface area contributed by atoms with E-state index in [4.69, 9.17) is 14.9 Å². The zero-order valence-electron chi connectivity index (χ0n) is 24.8. The number of carbonyl (C=O) groups is 5. The van der Waals surface area contributed by atoms with Gasteiger partial charge in [0.1, 0.15) is 11.7 Å². The van der Waals surface area contributed by atoms with E-state index in [1.54, 1.807) is 6.92 Å². The number of ether oxygens (including phenoxy) is 3. The van der Waals surface area contributed by atoms with Crippen LogP contribution in [0.15, 0.2) is 36.5 Å². The van der Waals surface area contributed by atoms with Crippen LogP contribution in [0, 0.1) is 22.7 Å². The molecule has 3 saturated carbocycles. The van der Waals surface area contributed by atoms with E-state index < -0.39 is 35.4 Å². The van der Waals surface area contributed by atoms with Crippen LogP contribution in [-0.2, 0) is 38.2 Å². The number of aliphatic hydroxyl groups is 1. The van der Waals surface area contributed by atoms with E-state index in [9.17, 15) is 24.0 Å². The predicted molar refractivity (Wildman–Crippen MR) is 152 cm³/mol. The van der Waals surface area contributed by atoms with Crippen molar-refractivity contribution in [2.24, 2.45) is 22.7 Å². The first-order valence-electron chi connectivity index (χ1n) is 15.0. The molecule has 0 aromatic carbocycles. The minimum absolute atomic E-state index is 0.0538. The average molecular weight is 589 g/mol. The Labute approximate surface area is 247 Å². The summed E-state index contributed by atoms with van der Waals surface area (Å²) >= 11 is 0. The van der Waals surface area contributed by atoms with Gasteiger partial charge in [-0.25, -0.2) is 14.4 Å². The summed E-state index contributed by atoms with van der Waals surface area (Å²) in [7, 11) is 0. The number of rotatable bonds is 5. The van der Waals surface area contributed by atoms with E-state index in [0.717, 1.165) is 57.1 Å². The maximum atomic E-state index is 12.4. The average Bonchev–Trinajstić information content (AvgIpc) is 3.79. The maximum absolute atomic E-state index is 12.4. The van der Waals surface area contributed by atoms with Crippen LogP contribution in [0.2, 0.25) is 0 Å². The first-order valence-corrected chi connectivity index (χ1v) is 15.0. The van der Waals surface area contributed by atoms with Crippen LogP contribution >= 0.6 is 0 Å². The molecule has 232 valence electrons. The highest BCUT2D eigenvalue weighted by Crippen LogP contribution is 2.51. The van der Waals surface area contributed by atoms with Gasteiger partial charge in [0.2, 0.25) is 0 Å². The van der Waals surface area contributed by atoms with Gasteiger partial charge in [-0.05, 0) is 96.8 Å². The fourth-order valence-electron chi connectivity index (χ4n) is 6.31. The summed E-state index contributed by atoms with van der Waals surface area (Å²) in [5, 5.41) is 17.3. The van der Waals surface area contributed by atoms with Gasteiger partial charge in [-0.2, -0.15) is 0 Å². The minimum atomic E-state index is -0.991. The molecule has 5 aliphatic carbocycles. The van der Waals surface area contributed by atoms with Crippen LogP contribution in [0.1, 0.15) is 91.4 Å². The molecule has 1 aliphatic heterocycles. The Kier molecular flexibility index (Phi) is 11.3. The third-order valence-electron chi connectivity index (χ3n) is 8.82. The summed E-state index contributed by atoms with van der Waals surface area (Å²) in [6, 6.07) is 0. The molecule has 0 radical (unpaired) electrons. The number of carboxylic acids is 1. The molecule has 10 heteroatoms. The monoisotopic (exact) mass is 588 g/mol. The van der Waals surface area contributed by atoms with Crippen molar-refractivity contribution in [1.29, 1.82) is 0 Å². The number of allylic oxidation sites excluding steroid dienone is 2. The lowest BCUT2D eigenvalue weighted by atomic mass is 9.84. The number of aliphatic hydroxyl groups excluding tert-OH is 1. The molecular weight excluding hydrogens is 544 g/mol. The van der Waals surface area contributed by atoms with Gasteiger partial charge < -0.3 is 24.4 Å². The molecule has 2 N–H and O–H groups in total. The summed E-state index contributed by atoms with van der Waals surface area (Å²) in [6.07, 6.45) is 21.2. The Bertz CT molecular complexity index is 1100. The second-order valence-corrected chi connectivity index (χ2v) is 12.2. The first kappa shape index (κ1) is 33.2. The van der Waals surface area contributed by atoms with Crippen LogP contribution < -0.4 is 0 Å². The summed E-state index contributed by atoms with van der Waals surface area (Å²) < 4.78 is 14.3. The SMILES string of the molecule is CC1(OC(=O)C23C=CC(CC2)C3)CCCCC1.CCOC(=O)C(C)O.O=C(O)C12C=CC(CC1)C2.O=C1C=CC(=O)O1. The lowest BCUT2D eigenvalue weighted by Crippen LogP contribution is -2.39. The smallest absolute Gasteiger partial charge is 0.338 e. The molecule has 5 unspecified atom stereocenters. The summed E-state index contributed by atoms with van der Waals surface area (Å²) in [5.41, 5.74) is -0.881. The second-order valence-electron chi connectivity index (χ2n) is 12.2. The van der Waals surface area contributed by atoms with Crippen LogP contribution in [0.4, 0.5) is 0 Å². The van der Waals surface area contributed by atoms with Crippen LogP contribution in [0.25, 0.3) is 0 Å². The van der Waals surface area contributed by atoms with Crippen molar-refractivity contribution in [3.63, 3.8) is 0 Å². The predicted octanol–water partition coefficient (Wildman–Crippen LogP) is 4.59. The van der Waals surface area contributed by atoms with E-state index in [-0.39, 0.29) is 17.0 Å². The van der Waals surface area contributed by atoms with Crippen molar-refractivity contribution < 1.29 is 48.4 Å². The van der Waals surface area contributed by atoms with E-state index in [2.05, 4.69) is 34.6 Å². The van der Waals surface area contributed by atoms with Crippen LogP contribution in [0.5, 0.6) is 0 Å². The van der Waals surface area contributed by atoms with Gasteiger partial charge in [-0.1, -0.05) is 30.7 Å². The number of esters is 4. The Morgan fingerprint density at radius 1 is 0.929 bits per heavy atom. The summed E-state index contributed by atoms with van der Waals surface area (Å²) in [5.74, 6) is -1.10. The Morgan fingerprint density at radius 3 is 1.74 bits per heavy atom. The highest BCUT2D eigenvalue weighted by Gasteiger charge is 2.49. The van der Waals surface area contributed by atoms with Crippen LogP contribution in [0.3, 0.4) is 0 Å². The summed E-state index contributed by atoms with van der Waals surface area (Å²) in [6.45, 7) is 5.51. The minimum Gasteiger partial charge on any atom is -0.481 e. The third-order valence-corrected chi connectivity index (χ3v) is 8.82. The zero-order chi connectivity index (χ0) is 31.0. The van der Waals surface area contributed by atoms with E-state index >= 15 is 0 Å². The molecular formula is C32H44O10. The number of aliphatic carboxylic acids is 1. The highest BCUT2D eigenvalue weighted by atomic mass is 16.6. The molecule has 0 spiro atoms. The Hall–Kier alpha value is -3.27. The number of cyclic esters (lactones) is 2. The number of carboxylic acid groups (broad SMARTS) is 1.